The van der Waals surface area contributed by atoms with Crippen LogP contribution in [0.1, 0.15) is 97.8 Å². The van der Waals surface area contributed by atoms with Gasteiger partial charge in [-0.15, -0.1) is 0 Å². The smallest absolute Gasteiger partial charge is 0.132 e. The molecule has 1 nitrogen and oxygen atoms in total. The van der Waals surface area contributed by atoms with Gasteiger partial charge in [0.2, 0.25) is 0 Å². The summed E-state index contributed by atoms with van der Waals surface area (Å²) in [5.74, 6) is 0. The average Bonchev–Trinajstić information content (AvgIpc) is 2.66. The van der Waals surface area contributed by atoms with Crippen LogP contribution in [0.5, 0.6) is 0 Å². The summed E-state index contributed by atoms with van der Waals surface area (Å²) in [6, 6.07) is 11.4. The fourth-order valence-corrected chi connectivity index (χ4v) is 3.99. The zero-order chi connectivity index (χ0) is 18.2. The molecule has 0 saturated carbocycles. The molecule has 1 aromatic rings. The Hall–Kier alpha value is -0.530. The van der Waals surface area contributed by atoms with Crippen LogP contribution in [0, 0.1) is 0 Å². The Kier molecular flexibility index (Phi) is 16.3. The zero-order valence-corrected chi connectivity index (χ0v) is 18.6. The van der Waals surface area contributed by atoms with Gasteiger partial charge in [0, 0.05) is 0 Å². The lowest BCUT2D eigenvalue weighted by Gasteiger charge is -2.39. The van der Waals surface area contributed by atoms with E-state index < -0.39 is 0 Å². The number of unbranched alkanes of at least 4 members (excludes halogenated alkanes) is 9. The minimum Gasteiger partial charge on any atom is -1.00 e. The van der Waals surface area contributed by atoms with Crippen molar-refractivity contribution >= 4 is 5.69 Å². The van der Waals surface area contributed by atoms with Crippen molar-refractivity contribution in [2.75, 3.05) is 19.6 Å². The van der Waals surface area contributed by atoms with Crippen molar-refractivity contribution in [2.45, 2.75) is 97.8 Å². The number of rotatable bonds is 16. The summed E-state index contributed by atoms with van der Waals surface area (Å²) >= 11 is 0. The Morgan fingerprint density at radius 2 is 0.923 bits per heavy atom. The molecular formula is C24H44ClN. The van der Waals surface area contributed by atoms with E-state index >= 15 is 0 Å². The van der Waals surface area contributed by atoms with E-state index in [0.29, 0.717) is 0 Å². The predicted molar refractivity (Wildman–Crippen MR) is 115 cm³/mol. The van der Waals surface area contributed by atoms with Crippen molar-refractivity contribution in [1.29, 1.82) is 0 Å². The van der Waals surface area contributed by atoms with Gasteiger partial charge in [0.05, 0.1) is 19.6 Å². The van der Waals surface area contributed by atoms with E-state index in [0.717, 1.165) is 0 Å². The van der Waals surface area contributed by atoms with E-state index in [1.165, 1.54) is 101 Å². The average molecular weight is 382 g/mol. The standard InChI is InChI=1S/C24H44N.ClH/c1-4-7-10-16-21-25(22-17-11-8-5-2,23-18-12-9-6-3)24-19-14-13-15-20-24;/h13-15,19-20H,4-12,16-18,21-23H2,1-3H3;1H/q+1;/p-1. The number of para-hydroxylation sites is 1. The second kappa shape index (κ2) is 16.6. The molecule has 0 radical (unpaired) electrons. The number of nitrogens with zero attached hydrogens (tertiary/aromatic N) is 1. The summed E-state index contributed by atoms with van der Waals surface area (Å²) in [7, 11) is 0. The monoisotopic (exact) mass is 381 g/mol. The molecule has 1 rings (SSSR count). The molecule has 0 atom stereocenters. The molecule has 0 spiro atoms. The minimum atomic E-state index is 0. The Morgan fingerprint density at radius 1 is 0.538 bits per heavy atom. The fourth-order valence-electron chi connectivity index (χ4n) is 3.99. The zero-order valence-electron chi connectivity index (χ0n) is 17.8. The van der Waals surface area contributed by atoms with Gasteiger partial charge in [-0.25, -0.2) is 0 Å². The highest BCUT2D eigenvalue weighted by atomic mass is 35.5. The van der Waals surface area contributed by atoms with Gasteiger partial charge in [0.25, 0.3) is 0 Å². The third-order valence-corrected chi connectivity index (χ3v) is 5.62. The Morgan fingerprint density at radius 3 is 1.27 bits per heavy atom. The summed E-state index contributed by atoms with van der Waals surface area (Å²) < 4.78 is 1.23. The quantitative estimate of drug-likeness (QED) is 0.286. The molecule has 1 aromatic carbocycles. The topological polar surface area (TPSA) is 0 Å². The molecule has 0 bridgehead atoms. The summed E-state index contributed by atoms with van der Waals surface area (Å²) in [6.45, 7) is 10.9. The van der Waals surface area contributed by atoms with Crippen molar-refractivity contribution in [1.82, 2.24) is 4.48 Å². The Labute approximate surface area is 170 Å². The lowest BCUT2D eigenvalue weighted by molar-refractivity contribution is -0.00000552. The van der Waals surface area contributed by atoms with Crippen LogP contribution in [0.4, 0.5) is 5.69 Å². The molecule has 0 aliphatic carbocycles. The molecule has 0 aromatic heterocycles. The largest absolute Gasteiger partial charge is 1.00 e. The van der Waals surface area contributed by atoms with Crippen molar-refractivity contribution < 1.29 is 12.4 Å². The molecule has 0 fully saturated rings. The predicted octanol–water partition coefficient (Wildman–Crippen LogP) is 4.74. The Bertz CT molecular complexity index is 373. The van der Waals surface area contributed by atoms with Crippen molar-refractivity contribution in [3.8, 4) is 0 Å². The van der Waals surface area contributed by atoms with Gasteiger partial charge in [0.1, 0.15) is 5.69 Å². The first-order chi connectivity index (χ1) is 12.3. The van der Waals surface area contributed by atoms with Gasteiger partial charge in [-0.1, -0.05) is 77.5 Å². The fraction of sp³-hybridized carbons (Fsp3) is 0.750. The molecule has 0 aliphatic heterocycles. The third-order valence-electron chi connectivity index (χ3n) is 5.62. The van der Waals surface area contributed by atoms with Crippen molar-refractivity contribution in [3.63, 3.8) is 0 Å². The highest BCUT2D eigenvalue weighted by molar-refractivity contribution is 5.42. The van der Waals surface area contributed by atoms with Gasteiger partial charge in [-0.3, -0.25) is 4.48 Å². The third kappa shape index (κ3) is 9.97. The van der Waals surface area contributed by atoms with E-state index in [9.17, 15) is 0 Å². The van der Waals surface area contributed by atoms with Crippen LogP contribution in [0.15, 0.2) is 30.3 Å². The molecule has 0 unspecified atom stereocenters. The molecule has 2 heteroatoms. The second-order valence-electron chi connectivity index (χ2n) is 7.83. The lowest BCUT2D eigenvalue weighted by atomic mass is 10.1. The summed E-state index contributed by atoms with van der Waals surface area (Å²) in [5, 5.41) is 0. The molecule has 0 amide bonds. The van der Waals surface area contributed by atoms with Gasteiger partial charge in [0.15, 0.2) is 0 Å². The van der Waals surface area contributed by atoms with Crippen LogP contribution in [-0.2, 0) is 0 Å². The van der Waals surface area contributed by atoms with E-state index in [-0.39, 0.29) is 12.4 Å². The Balaban J connectivity index is 0.00000625. The van der Waals surface area contributed by atoms with E-state index in [1.807, 2.05) is 0 Å². The van der Waals surface area contributed by atoms with Crippen LogP contribution in [0.3, 0.4) is 0 Å². The first-order valence-electron chi connectivity index (χ1n) is 11.2. The maximum atomic E-state index is 2.39. The lowest BCUT2D eigenvalue weighted by Crippen LogP contribution is -3.00. The highest BCUT2D eigenvalue weighted by Crippen LogP contribution is 2.27. The second-order valence-corrected chi connectivity index (χ2v) is 7.83. The molecule has 0 saturated heterocycles. The number of hydrogen-bond acceptors (Lipinski definition) is 0. The molecule has 26 heavy (non-hydrogen) atoms. The van der Waals surface area contributed by atoms with Crippen LogP contribution in [0.25, 0.3) is 0 Å². The first-order valence-corrected chi connectivity index (χ1v) is 11.2. The molecule has 152 valence electrons. The van der Waals surface area contributed by atoms with Crippen molar-refractivity contribution in [2.24, 2.45) is 0 Å². The number of halogens is 1. The number of quaternary nitrogens is 1. The van der Waals surface area contributed by atoms with Gasteiger partial charge in [-0.05, 0) is 50.7 Å². The van der Waals surface area contributed by atoms with E-state index in [1.54, 1.807) is 5.69 Å². The molecule has 0 aliphatic rings. The molecule has 0 N–H and O–H groups in total. The maximum absolute atomic E-state index is 2.39. The normalized spacial score (nSPS) is 11.3. The van der Waals surface area contributed by atoms with E-state index in [2.05, 4.69) is 51.1 Å². The molecule has 0 heterocycles. The van der Waals surface area contributed by atoms with Crippen LogP contribution in [-0.4, -0.2) is 19.6 Å². The van der Waals surface area contributed by atoms with Crippen molar-refractivity contribution in [3.05, 3.63) is 30.3 Å². The van der Waals surface area contributed by atoms with Crippen LogP contribution in [0.2, 0.25) is 0 Å². The first kappa shape index (κ1) is 25.5. The van der Waals surface area contributed by atoms with Gasteiger partial charge < -0.3 is 12.4 Å². The van der Waals surface area contributed by atoms with Gasteiger partial charge in [-0.2, -0.15) is 0 Å². The summed E-state index contributed by atoms with van der Waals surface area (Å²) in [5.41, 5.74) is 1.56. The maximum Gasteiger partial charge on any atom is 0.132 e. The summed E-state index contributed by atoms with van der Waals surface area (Å²) in [4.78, 5) is 0. The van der Waals surface area contributed by atoms with Crippen LogP contribution < -0.4 is 16.9 Å². The highest BCUT2D eigenvalue weighted by Gasteiger charge is 2.28. The SMILES string of the molecule is CCCCCC[N+](CCCCCC)(CCCCCC)c1ccccc1.[Cl-]. The van der Waals surface area contributed by atoms with Crippen LogP contribution >= 0.6 is 0 Å². The van der Waals surface area contributed by atoms with Gasteiger partial charge >= 0.3 is 0 Å². The number of benzene rings is 1. The van der Waals surface area contributed by atoms with E-state index in [4.69, 9.17) is 0 Å². The number of hydrogen-bond donors (Lipinski definition) is 0. The summed E-state index contributed by atoms with van der Waals surface area (Å²) in [6.07, 6.45) is 16.5. The molecular weight excluding hydrogens is 338 g/mol. The minimum absolute atomic E-state index is 0.